The lowest BCUT2D eigenvalue weighted by Crippen LogP contribution is -2.22. The molecule has 0 radical (unpaired) electrons. The SMILES string of the molecule is N=C1CC=CN2C=CC=CC2c2ccccc21. The number of rotatable bonds is 0. The van der Waals surface area contributed by atoms with Gasteiger partial charge in [0.05, 0.1) is 6.04 Å². The first kappa shape index (κ1) is 10.1. The van der Waals surface area contributed by atoms with Gasteiger partial charge in [0.15, 0.2) is 0 Å². The largest absolute Gasteiger partial charge is 0.344 e. The van der Waals surface area contributed by atoms with Crippen LogP contribution in [0.2, 0.25) is 0 Å². The maximum atomic E-state index is 8.10. The van der Waals surface area contributed by atoms with Crippen LogP contribution in [0, 0.1) is 5.41 Å². The van der Waals surface area contributed by atoms with Crippen molar-refractivity contribution in [1.82, 2.24) is 4.90 Å². The van der Waals surface area contributed by atoms with Gasteiger partial charge in [-0.2, -0.15) is 0 Å². The van der Waals surface area contributed by atoms with Gasteiger partial charge in [0.25, 0.3) is 0 Å². The van der Waals surface area contributed by atoms with Crippen LogP contribution in [0.3, 0.4) is 0 Å². The van der Waals surface area contributed by atoms with Gasteiger partial charge in [0, 0.05) is 30.1 Å². The topological polar surface area (TPSA) is 27.1 Å². The molecule has 17 heavy (non-hydrogen) atoms. The average Bonchev–Trinajstić information content (AvgIpc) is 2.37. The van der Waals surface area contributed by atoms with Gasteiger partial charge < -0.3 is 10.3 Å². The number of allylic oxidation sites excluding steroid dienone is 3. The molecule has 0 bridgehead atoms. The fourth-order valence-corrected chi connectivity index (χ4v) is 2.35. The molecule has 1 unspecified atom stereocenters. The molecule has 1 N–H and O–H groups in total. The number of hydrogen-bond acceptors (Lipinski definition) is 2. The Morgan fingerprint density at radius 1 is 1.12 bits per heavy atom. The first-order valence-electron chi connectivity index (χ1n) is 5.82. The Bertz CT molecular complexity index is 538. The second-order valence-corrected chi connectivity index (χ2v) is 4.27. The van der Waals surface area contributed by atoms with Gasteiger partial charge in [-0.05, 0) is 11.6 Å². The highest BCUT2D eigenvalue weighted by Crippen LogP contribution is 2.30. The first-order chi connectivity index (χ1) is 8.36. The van der Waals surface area contributed by atoms with Crippen LogP contribution in [0.25, 0.3) is 0 Å². The van der Waals surface area contributed by atoms with E-state index in [2.05, 4.69) is 41.6 Å². The minimum absolute atomic E-state index is 0.216. The molecule has 84 valence electrons. The zero-order valence-corrected chi connectivity index (χ0v) is 9.51. The van der Waals surface area contributed by atoms with Gasteiger partial charge in [-0.3, -0.25) is 0 Å². The van der Waals surface area contributed by atoms with Gasteiger partial charge in [-0.15, -0.1) is 0 Å². The van der Waals surface area contributed by atoms with Crippen molar-refractivity contribution in [2.24, 2.45) is 0 Å². The summed E-state index contributed by atoms with van der Waals surface area (Å²) < 4.78 is 0. The minimum Gasteiger partial charge on any atom is -0.344 e. The smallest absolute Gasteiger partial charge is 0.0773 e. The molecule has 0 fully saturated rings. The molecule has 2 heterocycles. The Kier molecular flexibility index (Phi) is 2.41. The van der Waals surface area contributed by atoms with E-state index in [-0.39, 0.29) is 6.04 Å². The third-order valence-electron chi connectivity index (χ3n) is 3.19. The summed E-state index contributed by atoms with van der Waals surface area (Å²) in [6.45, 7) is 0. The summed E-state index contributed by atoms with van der Waals surface area (Å²) in [7, 11) is 0. The van der Waals surface area contributed by atoms with E-state index < -0.39 is 0 Å². The molecule has 0 aliphatic carbocycles. The van der Waals surface area contributed by atoms with E-state index in [1.54, 1.807) is 0 Å². The van der Waals surface area contributed by atoms with E-state index in [9.17, 15) is 0 Å². The third kappa shape index (κ3) is 1.72. The average molecular weight is 222 g/mol. The van der Waals surface area contributed by atoms with Crippen molar-refractivity contribution >= 4 is 5.71 Å². The number of benzene rings is 1. The molecule has 1 atom stereocenters. The van der Waals surface area contributed by atoms with Crippen LogP contribution in [0.1, 0.15) is 23.6 Å². The van der Waals surface area contributed by atoms with Gasteiger partial charge in [0.2, 0.25) is 0 Å². The standard InChI is InChI=1S/C15H14N2/c16-14-8-5-11-17-10-4-3-9-15(17)13-7-2-1-6-12(13)14/h1-7,9-11,15-16H,8H2. The highest BCUT2D eigenvalue weighted by Gasteiger charge is 2.20. The summed E-state index contributed by atoms with van der Waals surface area (Å²) in [4.78, 5) is 2.19. The molecule has 0 aromatic heterocycles. The fraction of sp³-hybridized carbons (Fsp3) is 0.133. The lowest BCUT2D eigenvalue weighted by atomic mass is 9.92. The Labute approximate surface area is 101 Å². The molecule has 1 aromatic rings. The van der Waals surface area contributed by atoms with Crippen LogP contribution in [-0.2, 0) is 0 Å². The van der Waals surface area contributed by atoms with Crippen LogP contribution in [0.5, 0.6) is 0 Å². The van der Waals surface area contributed by atoms with E-state index in [1.807, 2.05) is 24.3 Å². The summed E-state index contributed by atoms with van der Waals surface area (Å²) in [5.74, 6) is 0. The number of nitrogens with one attached hydrogen (secondary N) is 1. The quantitative estimate of drug-likeness (QED) is 0.715. The molecule has 0 saturated heterocycles. The van der Waals surface area contributed by atoms with E-state index in [0.717, 1.165) is 5.56 Å². The van der Waals surface area contributed by atoms with Crippen LogP contribution in [0.4, 0.5) is 0 Å². The van der Waals surface area contributed by atoms with E-state index in [0.29, 0.717) is 12.1 Å². The van der Waals surface area contributed by atoms with E-state index in [1.165, 1.54) is 5.56 Å². The maximum Gasteiger partial charge on any atom is 0.0773 e. The zero-order valence-electron chi connectivity index (χ0n) is 9.51. The maximum absolute atomic E-state index is 8.10. The monoisotopic (exact) mass is 222 g/mol. The molecule has 2 nitrogen and oxygen atoms in total. The van der Waals surface area contributed by atoms with Gasteiger partial charge in [-0.25, -0.2) is 0 Å². The zero-order chi connectivity index (χ0) is 11.7. The summed E-state index contributed by atoms with van der Waals surface area (Å²) in [6.07, 6.45) is 13.2. The highest BCUT2D eigenvalue weighted by molar-refractivity contribution is 6.00. The van der Waals surface area contributed by atoms with E-state index in [4.69, 9.17) is 5.41 Å². The van der Waals surface area contributed by atoms with Crippen molar-refractivity contribution in [3.05, 3.63) is 72.1 Å². The van der Waals surface area contributed by atoms with Crippen LogP contribution in [-0.4, -0.2) is 10.6 Å². The number of hydrogen-bond donors (Lipinski definition) is 1. The summed E-state index contributed by atoms with van der Waals surface area (Å²) in [6, 6.07) is 8.42. The van der Waals surface area contributed by atoms with Gasteiger partial charge in [-0.1, -0.05) is 42.5 Å². The third-order valence-corrected chi connectivity index (χ3v) is 3.19. The highest BCUT2D eigenvalue weighted by atomic mass is 15.1. The van der Waals surface area contributed by atoms with Crippen molar-refractivity contribution in [3.63, 3.8) is 0 Å². The molecule has 2 heteroatoms. The van der Waals surface area contributed by atoms with Crippen molar-refractivity contribution in [1.29, 1.82) is 5.41 Å². The molecule has 0 amide bonds. The summed E-state index contributed by atoms with van der Waals surface area (Å²) in [5.41, 5.74) is 2.97. The van der Waals surface area contributed by atoms with Crippen molar-refractivity contribution < 1.29 is 0 Å². The Morgan fingerprint density at radius 3 is 2.94 bits per heavy atom. The Balaban J connectivity index is 2.16. The predicted octanol–water partition coefficient (Wildman–Crippen LogP) is 3.40. The molecular formula is C15H14N2. The molecule has 1 aromatic carbocycles. The lowest BCUT2D eigenvalue weighted by Gasteiger charge is -2.30. The molecule has 2 aliphatic rings. The summed E-state index contributed by atoms with van der Waals surface area (Å²) >= 11 is 0. The predicted molar refractivity (Wildman–Crippen MR) is 69.9 cm³/mol. The van der Waals surface area contributed by atoms with Gasteiger partial charge in [0.1, 0.15) is 0 Å². The second-order valence-electron chi connectivity index (χ2n) is 4.27. The molecular weight excluding hydrogens is 208 g/mol. The first-order valence-corrected chi connectivity index (χ1v) is 5.82. The molecule has 2 aliphatic heterocycles. The number of fused-ring (bicyclic) bond motifs is 3. The van der Waals surface area contributed by atoms with Crippen LogP contribution in [0.15, 0.2) is 61.0 Å². The van der Waals surface area contributed by atoms with Crippen LogP contribution < -0.4 is 0 Å². The fourth-order valence-electron chi connectivity index (χ4n) is 2.35. The van der Waals surface area contributed by atoms with E-state index >= 15 is 0 Å². The summed E-state index contributed by atoms with van der Waals surface area (Å²) in [5, 5.41) is 8.10. The molecule has 3 rings (SSSR count). The van der Waals surface area contributed by atoms with Crippen molar-refractivity contribution in [3.8, 4) is 0 Å². The second kappa shape index (κ2) is 4.06. The molecule has 0 saturated carbocycles. The van der Waals surface area contributed by atoms with Crippen LogP contribution >= 0.6 is 0 Å². The van der Waals surface area contributed by atoms with Gasteiger partial charge >= 0.3 is 0 Å². The van der Waals surface area contributed by atoms with Crippen molar-refractivity contribution in [2.45, 2.75) is 12.5 Å². The lowest BCUT2D eigenvalue weighted by molar-refractivity contribution is 0.431. The molecule has 0 spiro atoms. The number of nitrogens with zero attached hydrogens (tertiary/aromatic N) is 1. The Hall–Kier alpha value is -2.09. The Morgan fingerprint density at radius 2 is 2.00 bits per heavy atom. The normalized spacial score (nSPS) is 21.8. The van der Waals surface area contributed by atoms with Crippen molar-refractivity contribution in [2.75, 3.05) is 0 Å². The minimum atomic E-state index is 0.216.